The summed E-state index contributed by atoms with van der Waals surface area (Å²) in [7, 11) is 0. The number of ether oxygens (including phenoxy) is 1. The lowest BCUT2D eigenvalue weighted by Gasteiger charge is -2.11. The van der Waals surface area contributed by atoms with E-state index in [1.54, 1.807) is 38.1 Å². The lowest BCUT2D eigenvalue weighted by Crippen LogP contribution is -2.38. The van der Waals surface area contributed by atoms with E-state index in [4.69, 9.17) is 30.5 Å². The van der Waals surface area contributed by atoms with Gasteiger partial charge in [0.2, 0.25) is 0 Å². The number of oxime groups is 2. The van der Waals surface area contributed by atoms with Crippen LogP contribution in [0.4, 0.5) is 0 Å². The molecule has 36 heavy (non-hydrogen) atoms. The minimum absolute atomic E-state index is 0.105. The van der Waals surface area contributed by atoms with Gasteiger partial charge in [0.05, 0.1) is 24.7 Å². The number of aromatic nitrogens is 1. The fourth-order valence-electron chi connectivity index (χ4n) is 3.62. The van der Waals surface area contributed by atoms with Crippen LogP contribution in [0.3, 0.4) is 0 Å². The van der Waals surface area contributed by atoms with Crippen LogP contribution in [-0.2, 0) is 24.0 Å². The van der Waals surface area contributed by atoms with Crippen LogP contribution in [0.2, 0.25) is 5.02 Å². The predicted molar refractivity (Wildman–Crippen MR) is 128 cm³/mol. The number of carbonyl (C=O) groups excluding carboxylic acids is 3. The number of nitrogens with zero attached hydrogens (tertiary/aromatic N) is 3. The van der Waals surface area contributed by atoms with Crippen molar-refractivity contribution in [1.29, 1.82) is 0 Å². The molecule has 2 aromatic rings. The zero-order valence-corrected chi connectivity index (χ0v) is 20.3. The Labute approximate surface area is 210 Å². The van der Waals surface area contributed by atoms with Crippen molar-refractivity contribution in [2.45, 2.75) is 38.9 Å². The predicted octanol–water partition coefficient (Wildman–Crippen LogP) is 2.00. The van der Waals surface area contributed by atoms with Gasteiger partial charge in [0.25, 0.3) is 11.8 Å². The van der Waals surface area contributed by atoms with Crippen LogP contribution in [0.1, 0.15) is 35.9 Å². The lowest BCUT2D eigenvalue weighted by atomic mass is 10.1. The Hall–Kier alpha value is -3.93. The first-order valence-corrected chi connectivity index (χ1v) is 11.6. The van der Waals surface area contributed by atoms with Gasteiger partial charge in [-0.25, -0.2) is 4.79 Å². The molecule has 2 aliphatic heterocycles. The van der Waals surface area contributed by atoms with Crippen molar-refractivity contribution in [3.63, 3.8) is 0 Å². The molecule has 0 fully saturated rings. The molecule has 0 bridgehead atoms. The van der Waals surface area contributed by atoms with Gasteiger partial charge in [0.1, 0.15) is 22.7 Å². The number of halogens is 1. The highest BCUT2D eigenvalue weighted by Gasteiger charge is 2.31. The molecule has 2 atom stereocenters. The van der Waals surface area contributed by atoms with Gasteiger partial charge in [-0.3, -0.25) is 9.59 Å². The van der Waals surface area contributed by atoms with Crippen LogP contribution < -0.4 is 10.6 Å². The Kier molecular flexibility index (Phi) is 7.84. The second-order valence-electron chi connectivity index (χ2n) is 8.02. The van der Waals surface area contributed by atoms with Crippen LogP contribution >= 0.6 is 11.6 Å². The molecule has 0 saturated heterocycles. The van der Waals surface area contributed by atoms with Crippen LogP contribution in [-0.4, -0.2) is 66.3 Å². The van der Waals surface area contributed by atoms with Gasteiger partial charge in [-0.1, -0.05) is 45.3 Å². The summed E-state index contributed by atoms with van der Waals surface area (Å²) in [4.78, 5) is 47.5. The number of hydrogen-bond acceptors (Lipinski definition) is 10. The number of esters is 1. The van der Waals surface area contributed by atoms with Crippen LogP contribution in [0.25, 0.3) is 11.3 Å². The van der Waals surface area contributed by atoms with Gasteiger partial charge in [-0.05, 0) is 19.9 Å². The van der Waals surface area contributed by atoms with Crippen molar-refractivity contribution >= 4 is 40.8 Å². The summed E-state index contributed by atoms with van der Waals surface area (Å²) in [6, 6.07) is 7.01. The summed E-state index contributed by atoms with van der Waals surface area (Å²) < 4.78 is 10.1. The Morgan fingerprint density at radius 3 is 2.36 bits per heavy atom. The summed E-state index contributed by atoms with van der Waals surface area (Å²) in [5, 5.41) is 17.4. The number of rotatable bonds is 9. The van der Waals surface area contributed by atoms with Crippen molar-refractivity contribution < 1.29 is 33.3 Å². The Balaban J connectivity index is 1.24. The maximum atomic E-state index is 12.9. The molecule has 0 unspecified atom stereocenters. The monoisotopic (exact) mass is 517 g/mol. The van der Waals surface area contributed by atoms with Gasteiger partial charge in [0.15, 0.2) is 17.9 Å². The maximum absolute atomic E-state index is 12.9. The summed E-state index contributed by atoms with van der Waals surface area (Å²) >= 11 is 6.25. The van der Waals surface area contributed by atoms with E-state index in [-0.39, 0.29) is 49.5 Å². The molecule has 3 heterocycles. The maximum Gasteiger partial charge on any atom is 0.356 e. The average molecular weight is 518 g/mol. The van der Waals surface area contributed by atoms with Gasteiger partial charge in [0, 0.05) is 18.4 Å². The van der Waals surface area contributed by atoms with Crippen molar-refractivity contribution in [3.05, 3.63) is 40.6 Å². The Morgan fingerprint density at radius 2 is 1.67 bits per heavy atom. The third kappa shape index (κ3) is 5.65. The van der Waals surface area contributed by atoms with E-state index in [0.29, 0.717) is 22.0 Å². The highest BCUT2D eigenvalue weighted by Crippen LogP contribution is 2.31. The SMILES string of the molecule is CCOC(=O)C1=NO[C@@H](CNC(=O)C2=NO[C@@H](CNC(=O)c3c(-c4ccccc4Cl)noc3C)C2)C1. The lowest BCUT2D eigenvalue weighted by molar-refractivity contribution is -0.135. The van der Waals surface area contributed by atoms with Crippen LogP contribution in [0.5, 0.6) is 0 Å². The molecule has 12 nitrogen and oxygen atoms in total. The fourth-order valence-corrected chi connectivity index (χ4v) is 3.85. The third-order valence-corrected chi connectivity index (χ3v) is 5.77. The van der Waals surface area contributed by atoms with Gasteiger partial charge in [-0.15, -0.1) is 0 Å². The number of hydrogen-bond donors (Lipinski definition) is 2. The molecule has 0 radical (unpaired) electrons. The van der Waals surface area contributed by atoms with Gasteiger partial charge in [-0.2, -0.15) is 0 Å². The first-order valence-electron chi connectivity index (χ1n) is 11.3. The number of aryl methyl sites for hydroxylation is 1. The van der Waals surface area contributed by atoms with E-state index in [0.717, 1.165) is 0 Å². The van der Waals surface area contributed by atoms with Crippen molar-refractivity contribution in [1.82, 2.24) is 15.8 Å². The largest absolute Gasteiger partial charge is 0.461 e. The summed E-state index contributed by atoms with van der Waals surface area (Å²) in [6.07, 6.45) is -0.581. The standard InChI is InChI=1S/C23H24ClN5O7/c1-3-33-23(32)18-9-14(36-28-18)10-25-21(30)17-8-13(35-27-17)11-26-22(31)19-12(2)34-29-20(19)15-6-4-5-7-16(15)24/h4-7,13-14H,3,8-11H2,1-2H3,(H,25,30)(H,26,31)/t13-,14-/m1/s1. The number of amides is 2. The molecule has 190 valence electrons. The quantitative estimate of drug-likeness (QED) is 0.479. The molecular formula is C23H24ClN5O7. The minimum Gasteiger partial charge on any atom is -0.461 e. The molecule has 13 heteroatoms. The highest BCUT2D eigenvalue weighted by molar-refractivity contribution is 6.39. The molecule has 4 rings (SSSR count). The van der Waals surface area contributed by atoms with Gasteiger partial charge < -0.3 is 29.6 Å². The molecule has 1 aromatic carbocycles. The Bertz CT molecular complexity index is 1230. The highest BCUT2D eigenvalue weighted by atomic mass is 35.5. The van der Waals surface area contributed by atoms with Crippen LogP contribution in [0.15, 0.2) is 39.1 Å². The third-order valence-electron chi connectivity index (χ3n) is 5.44. The summed E-state index contributed by atoms with van der Waals surface area (Å²) in [5.41, 5.74) is 1.53. The smallest absolute Gasteiger partial charge is 0.356 e. The van der Waals surface area contributed by atoms with Crippen molar-refractivity contribution in [3.8, 4) is 11.3 Å². The minimum atomic E-state index is -0.537. The second kappa shape index (κ2) is 11.2. The van der Waals surface area contributed by atoms with Crippen molar-refractivity contribution in [2.75, 3.05) is 19.7 Å². The molecule has 1 aromatic heterocycles. The molecule has 2 aliphatic rings. The molecule has 0 spiro atoms. The zero-order chi connectivity index (χ0) is 25.7. The fraction of sp³-hybridized carbons (Fsp3) is 0.391. The first kappa shape index (κ1) is 25.2. The van der Waals surface area contributed by atoms with E-state index in [1.165, 1.54) is 0 Å². The van der Waals surface area contributed by atoms with E-state index < -0.39 is 30.0 Å². The summed E-state index contributed by atoms with van der Waals surface area (Å²) in [6.45, 7) is 3.80. The normalized spacial score (nSPS) is 18.5. The van der Waals surface area contributed by atoms with Gasteiger partial charge >= 0.3 is 5.97 Å². The molecule has 0 aliphatic carbocycles. The van der Waals surface area contributed by atoms with E-state index >= 15 is 0 Å². The molecule has 2 N–H and O–H groups in total. The second-order valence-corrected chi connectivity index (χ2v) is 8.43. The Morgan fingerprint density at radius 1 is 1.03 bits per heavy atom. The zero-order valence-electron chi connectivity index (χ0n) is 19.6. The molecule has 0 saturated carbocycles. The number of carbonyl (C=O) groups is 3. The number of benzene rings is 1. The van der Waals surface area contributed by atoms with E-state index in [1.807, 2.05) is 0 Å². The number of nitrogens with one attached hydrogen (secondary N) is 2. The average Bonchev–Trinajstić information content (AvgIpc) is 3.61. The topological polar surface area (TPSA) is 154 Å². The summed E-state index contributed by atoms with van der Waals surface area (Å²) in [5.74, 6) is -1.05. The molecular weight excluding hydrogens is 494 g/mol. The van der Waals surface area contributed by atoms with E-state index in [9.17, 15) is 14.4 Å². The van der Waals surface area contributed by atoms with Crippen LogP contribution in [0, 0.1) is 6.92 Å². The van der Waals surface area contributed by atoms with E-state index in [2.05, 4.69) is 26.1 Å². The first-order chi connectivity index (χ1) is 17.4. The van der Waals surface area contributed by atoms with Crippen molar-refractivity contribution in [2.24, 2.45) is 10.3 Å². The molecule has 2 amide bonds.